The number of nitrogens with zero attached hydrogens (tertiary/aromatic N) is 2. The first-order valence-corrected chi connectivity index (χ1v) is 6.79. The molecule has 0 bridgehead atoms. The lowest BCUT2D eigenvalue weighted by molar-refractivity contribution is 0.252. The van der Waals surface area contributed by atoms with E-state index in [1.165, 1.54) is 0 Å². The number of anilines is 2. The highest BCUT2D eigenvalue weighted by Gasteiger charge is 2.00. The van der Waals surface area contributed by atoms with E-state index < -0.39 is 0 Å². The molecule has 110 valence electrons. The van der Waals surface area contributed by atoms with Gasteiger partial charge in [-0.25, -0.2) is 4.79 Å². The fourth-order valence-electron chi connectivity index (χ4n) is 1.67. The van der Waals surface area contributed by atoms with Gasteiger partial charge in [0.15, 0.2) is 0 Å². The van der Waals surface area contributed by atoms with Crippen LogP contribution in [0.4, 0.5) is 16.3 Å². The van der Waals surface area contributed by atoms with Gasteiger partial charge in [0.1, 0.15) is 5.82 Å². The Kier molecular flexibility index (Phi) is 5.09. The molecule has 1 heterocycles. The van der Waals surface area contributed by atoms with Crippen molar-refractivity contribution < 1.29 is 4.79 Å². The Labute approximate surface area is 124 Å². The standard InChI is InChI=1S/C15H19N5O/c1-11-3-6-13(7-4-11)18-15(21)17-10-9-16-14-8-5-12(2)19-20-14/h3-8H,9-10H2,1-2H3,(H,16,20)(H2,17,18,21). The Balaban J connectivity index is 1.67. The Morgan fingerprint density at radius 3 is 2.43 bits per heavy atom. The second-order valence-corrected chi connectivity index (χ2v) is 4.73. The van der Waals surface area contributed by atoms with Gasteiger partial charge in [-0.3, -0.25) is 0 Å². The third-order valence-corrected chi connectivity index (χ3v) is 2.82. The number of hydrogen-bond donors (Lipinski definition) is 3. The number of aromatic nitrogens is 2. The molecule has 6 nitrogen and oxygen atoms in total. The minimum atomic E-state index is -0.226. The third-order valence-electron chi connectivity index (χ3n) is 2.82. The summed E-state index contributed by atoms with van der Waals surface area (Å²) in [4.78, 5) is 11.7. The van der Waals surface area contributed by atoms with Gasteiger partial charge in [-0.1, -0.05) is 17.7 Å². The molecule has 0 saturated carbocycles. The van der Waals surface area contributed by atoms with Gasteiger partial charge in [-0.15, -0.1) is 5.10 Å². The predicted molar refractivity (Wildman–Crippen MR) is 83.5 cm³/mol. The van der Waals surface area contributed by atoms with Gasteiger partial charge in [0.25, 0.3) is 0 Å². The molecule has 2 aromatic rings. The largest absolute Gasteiger partial charge is 0.367 e. The molecular weight excluding hydrogens is 266 g/mol. The summed E-state index contributed by atoms with van der Waals surface area (Å²) in [6.45, 7) is 4.96. The SMILES string of the molecule is Cc1ccc(NC(=O)NCCNc2ccc(C)nn2)cc1. The van der Waals surface area contributed by atoms with Crippen LogP contribution in [0, 0.1) is 13.8 Å². The van der Waals surface area contributed by atoms with E-state index >= 15 is 0 Å². The second kappa shape index (κ2) is 7.23. The fourth-order valence-corrected chi connectivity index (χ4v) is 1.67. The minimum absolute atomic E-state index is 0.226. The quantitative estimate of drug-likeness (QED) is 0.737. The van der Waals surface area contributed by atoms with Gasteiger partial charge in [0.2, 0.25) is 0 Å². The number of nitrogens with one attached hydrogen (secondary N) is 3. The first-order valence-electron chi connectivity index (χ1n) is 6.79. The molecule has 3 N–H and O–H groups in total. The molecular formula is C15H19N5O. The Morgan fingerprint density at radius 1 is 1.00 bits per heavy atom. The topological polar surface area (TPSA) is 78.9 Å². The summed E-state index contributed by atoms with van der Waals surface area (Å²) in [5.41, 5.74) is 2.80. The molecule has 21 heavy (non-hydrogen) atoms. The highest BCUT2D eigenvalue weighted by molar-refractivity contribution is 5.89. The predicted octanol–water partition coefficient (Wildman–Crippen LogP) is 2.33. The summed E-state index contributed by atoms with van der Waals surface area (Å²) in [7, 11) is 0. The van der Waals surface area contributed by atoms with E-state index in [4.69, 9.17) is 0 Å². The Bertz CT molecular complexity index is 580. The zero-order valence-corrected chi connectivity index (χ0v) is 12.2. The number of amides is 2. The Hall–Kier alpha value is -2.63. The molecule has 1 aromatic carbocycles. The molecule has 0 fully saturated rings. The van der Waals surface area contributed by atoms with Gasteiger partial charge < -0.3 is 16.0 Å². The highest BCUT2D eigenvalue weighted by Crippen LogP contribution is 2.07. The maximum absolute atomic E-state index is 11.7. The summed E-state index contributed by atoms with van der Waals surface area (Å²) in [5.74, 6) is 0.696. The zero-order chi connectivity index (χ0) is 15.1. The normalized spacial score (nSPS) is 10.0. The number of urea groups is 1. The van der Waals surface area contributed by atoms with Crippen molar-refractivity contribution in [2.75, 3.05) is 23.7 Å². The first kappa shape index (κ1) is 14.8. The molecule has 0 atom stereocenters. The molecule has 0 spiro atoms. The van der Waals surface area contributed by atoms with Crippen molar-refractivity contribution in [1.29, 1.82) is 0 Å². The van der Waals surface area contributed by atoms with E-state index in [1.54, 1.807) is 0 Å². The van der Waals surface area contributed by atoms with Crippen molar-refractivity contribution in [3.63, 3.8) is 0 Å². The lowest BCUT2D eigenvalue weighted by atomic mass is 10.2. The smallest absolute Gasteiger partial charge is 0.319 e. The van der Waals surface area contributed by atoms with Gasteiger partial charge in [0, 0.05) is 18.8 Å². The lowest BCUT2D eigenvalue weighted by Crippen LogP contribution is -2.32. The van der Waals surface area contributed by atoms with Gasteiger partial charge in [-0.05, 0) is 38.1 Å². The van der Waals surface area contributed by atoms with Crippen molar-refractivity contribution in [3.8, 4) is 0 Å². The van der Waals surface area contributed by atoms with E-state index in [9.17, 15) is 4.79 Å². The van der Waals surface area contributed by atoms with Crippen LogP contribution >= 0.6 is 0 Å². The lowest BCUT2D eigenvalue weighted by Gasteiger charge is -2.09. The first-order chi connectivity index (χ1) is 10.1. The number of carbonyl (C=O) groups is 1. The average molecular weight is 285 g/mol. The van der Waals surface area contributed by atoms with Crippen LogP contribution in [0.15, 0.2) is 36.4 Å². The van der Waals surface area contributed by atoms with E-state index in [1.807, 2.05) is 50.2 Å². The number of rotatable bonds is 5. The van der Waals surface area contributed by atoms with Gasteiger partial charge >= 0.3 is 6.03 Å². The second-order valence-electron chi connectivity index (χ2n) is 4.73. The maximum atomic E-state index is 11.7. The van der Waals surface area contributed by atoms with E-state index in [0.29, 0.717) is 18.9 Å². The molecule has 0 aliphatic heterocycles. The van der Waals surface area contributed by atoms with E-state index in [-0.39, 0.29) is 6.03 Å². The number of hydrogen-bond acceptors (Lipinski definition) is 4. The van der Waals surface area contributed by atoms with Gasteiger partial charge in [0.05, 0.1) is 5.69 Å². The van der Waals surface area contributed by atoms with Crippen LogP contribution < -0.4 is 16.0 Å². The monoisotopic (exact) mass is 285 g/mol. The summed E-state index contributed by atoms with van der Waals surface area (Å²) >= 11 is 0. The molecule has 2 rings (SSSR count). The van der Waals surface area contributed by atoms with Crippen molar-refractivity contribution >= 4 is 17.5 Å². The van der Waals surface area contributed by atoms with Crippen LogP contribution in [0.1, 0.15) is 11.3 Å². The molecule has 0 aliphatic carbocycles. The van der Waals surface area contributed by atoms with Crippen molar-refractivity contribution in [3.05, 3.63) is 47.7 Å². The van der Waals surface area contributed by atoms with Crippen molar-refractivity contribution in [1.82, 2.24) is 15.5 Å². The number of carbonyl (C=O) groups excluding carboxylic acids is 1. The molecule has 0 aliphatic rings. The third kappa shape index (κ3) is 5.10. The maximum Gasteiger partial charge on any atom is 0.319 e. The van der Waals surface area contributed by atoms with Crippen LogP contribution in [0.3, 0.4) is 0 Å². The molecule has 6 heteroatoms. The zero-order valence-electron chi connectivity index (χ0n) is 12.2. The van der Waals surface area contributed by atoms with Crippen LogP contribution in [0.2, 0.25) is 0 Å². The molecule has 2 amide bonds. The van der Waals surface area contributed by atoms with Crippen LogP contribution in [-0.4, -0.2) is 29.3 Å². The van der Waals surface area contributed by atoms with Gasteiger partial charge in [-0.2, -0.15) is 5.10 Å². The number of benzene rings is 1. The van der Waals surface area contributed by atoms with E-state index in [0.717, 1.165) is 16.9 Å². The number of aryl methyl sites for hydroxylation is 2. The molecule has 0 saturated heterocycles. The minimum Gasteiger partial charge on any atom is -0.367 e. The summed E-state index contributed by atoms with van der Waals surface area (Å²) in [5, 5.41) is 16.5. The fraction of sp³-hybridized carbons (Fsp3) is 0.267. The van der Waals surface area contributed by atoms with Crippen molar-refractivity contribution in [2.24, 2.45) is 0 Å². The van der Waals surface area contributed by atoms with Crippen molar-refractivity contribution in [2.45, 2.75) is 13.8 Å². The summed E-state index contributed by atoms with van der Waals surface area (Å²) in [6, 6.07) is 11.2. The van der Waals surface area contributed by atoms with Crippen LogP contribution in [-0.2, 0) is 0 Å². The Morgan fingerprint density at radius 2 is 1.76 bits per heavy atom. The van der Waals surface area contributed by atoms with Crippen LogP contribution in [0.5, 0.6) is 0 Å². The summed E-state index contributed by atoms with van der Waals surface area (Å²) in [6.07, 6.45) is 0. The molecule has 0 unspecified atom stereocenters. The molecule has 0 radical (unpaired) electrons. The van der Waals surface area contributed by atoms with E-state index in [2.05, 4.69) is 26.1 Å². The average Bonchev–Trinajstić information content (AvgIpc) is 2.48. The highest BCUT2D eigenvalue weighted by atomic mass is 16.2. The summed E-state index contributed by atoms with van der Waals surface area (Å²) < 4.78 is 0. The molecule has 1 aromatic heterocycles. The van der Waals surface area contributed by atoms with Crippen LogP contribution in [0.25, 0.3) is 0 Å².